The zero-order valence-corrected chi connectivity index (χ0v) is 8.38. The molecule has 0 atom stereocenters. The summed E-state index contributed by atoms with van der Waals surface area (Å²) in [5.74, 6) is 0. The van der Waals surface area contributed by atoms with Gasteiger partial charge in [0.2, 0.25) is 0 Å². The van der Waals surface area contributed by atoms with E-state index in [-0.39, 0.29) is 0 Å². The summed E-state index contributed by atoms with van der Waals surface area (Å²) in [5, 5.41) is 11.8. The van der Waals surface area contributed by atoms with Crippen molar-refractivity contribution < 1.29 is 0 Å². The number of anilines is 2. The maximum absolute atomic E-state index is 8.59. The molecule has 0 bridgehead atoms. The van der Waals surface area contributed by atoms with Crippen LogP contribution in [0, 0.1) is 11.3 Å². The molecular formula is C11H15N3. The predicted molar refractivity (Wildman–Crippen MR) is 59.0 cm³/mol. The van der Waals surface area contributed by atoms with Crippen molar-refractivity contribution in [3.8, 4) is 6.07 Å². The number of nitrogens with one attached hydrogen (secondary N) is 1. The molecule has 0 amide bonds. The number of nitrogens with two attached hydrogens (primary N) is 1. The molecule has 1 aromatic carbocycles. The Hall–Kier alpha value is -1.69. The molecule has 0 aliphatic rings. The summed E-state index contributed by atoms with van der Waals surface area (Å²) in [5.41, 5.74) is 8.34. The number of nitriles is 1. The third kappa shape index (κ3) is 2.67. The number of benzene rings is 1. The van der Waals surface area contributed by atoms with Gasteiger partial charge in [0.05, 0.1) is 12.5 Å². The van der Waals surface area contributed by atoms with Crippen LogP contribution >= 0.6 is 0 Å². The Labute approximate surface area is 84.5 Å². The van der Waals surface area contributed by atoms with E-state index in [9.17, 15) is 0 Å². The van der Waals surface area contributed by atoms with Gasteiger partial charge in [0.15, 0.2) is 0 Å². The maximum Gasteiger partial charge on any atom is 0.0670 e. The molecular weight excluding hydrogens is 174 g/mol. The highest BCUT2D eigenvalue weighted by atomic mass is 14.9. The number of nitrogens with zero attached hydrogens (tertiary/aromatic N) is 1. The van der Waals surface area contributed by atoms with Gasteiger partial charge < -0.3 is 11.1 Å². The predicted octanol–water partition coefficient (Wildman–Crippen LogP) is 2.16. The molecule has 0 spiro atoms. The Balaban J connectivity index is 2.79. The average Bonchev–Trinajstić information content (AvgIpc) is 2.19. The van der Waals surface area contributed by atoms with Crippen molar-refractivity contribution in [3.05, 3.63) is 23.8 Å². The van der Waals surface area contributed by atoms with Gasteiger partial charge in [-0.25, -0.2) is 0 Å². The molecule has 0 fully saturated rings. The fourth-order valence-corrected chi connectivity index (χ4v) is 1.22. The number of hydrogen-bond donors (Lipinski definition) is 2. The van der Waals surface area contributed by atoms with Crippen molar-refractivity contribution in [2.45, 2.75) is 19.8 Å². The van der Waals surface area contributed by atoms with Crippen molar-refractivity contribution in [3.63, 3.8) is 0 Å². The lowest BCUT2D eigenvalue weighted by molar-refractivity contribution is 0.979. The normalized spacial score (nSPS) is 9.43. The van der Waals surface area contributed by atoms with Crippen molar-refractivity contribution >= 4 is 11.4 Å². The zero-order valence-electron chi connectivity index (χ0n) is 8.38. The largest absolute Gasteiger partial charge is 0.398 e. The SMILES string of the molecule is CCCNc1ccc(N)c(CC#N)c1. The molecule has 3 N–H and O–H groups in total. The van der Waals surface area contributed by atoms with Crippen LogP contribution < -0.4 is 11.1 Å². The van der Waals surface area contributed by atoms with E-state index in [0.29, 0.717) is 12.1 Å². The van der Waals surface area contributed by atoms with E-state index >= 15 is 0 Å². The second-order valence-corrected chi connectivity index (χ2v) is 3.18. The molecule has 0 aliphatic heterocycles. The van der Waals surface area contributed by atoms with Crippen LogP contribution in [0.4, 0.5) is 11.4 Å². The van der Waals surface area contributed by atoms with Crippen molar-refractivity contribution in [2.24, 2.45) is 0 Å². The summed E-state index contributed by atoms with van der Waals surface area (Å²) >= 11 is 0. The van der Waals surface area contributed by atoms with Gasteiger partial charge in [-0.05, 0) is 30.2 Å². The Morgan fingerprint density at radius 2 is 2.29 bits per heavy atom. The van der Waals surface area contributed by atoms with Crippen LogP contribution in [0.2, 0.25) is 0 Å². The molecule has 0 heterocycles. The highest BCUT2D eigenvalue weighted by Gasteiger charge is 1.99. The second-order valence-electron chi connectivity index (χ2n) is 3.18. The van der Waals surface area contributed by atoms with Crippen LogP contribution in [0.25, 0.3) is 0 Å². The molecule has 1 rings (SSSR count). The molecule has 0 radical (unpaired) electrons. The molecule has 3 nitrogen and oxygen atoms in total. The Bertz CT molecular complexity index is 339. The minimum absolute atomic E-state index is 0.369. The molecule has 0 saturated heterocycles. The monoisotopic (exact) mass is 189 g/mol. The number of hydrogen-bond acceptors (Lipinski definition) is 3. The van der Waals surface area contributed by atoms with Gasteiger partial charge in [-0.15, -0.1) is 0 Å². The minimum Gasteiger partial charge on any atom is -0.398 e. The Kier molecular flexibility index (Phi) is 3.81. The summed E-state index contributed by atoms with van der Waals surface area (Å²) < 4.78 is 0. The minimum atomic E-state index is 0.369. The van der Waals surface area contributed by atoms with E-state index < -0.39 is 0 Å². The summed E-state index contributed by atoms with van der Waals surface area (Å²) in [6.07, 6.45) is 1.45. The molecule has 0 unspecified atom stereocenters. The lowest BCUT2D eigenvalue weighted by Crippen LogP contribution is -2.01. The van der Waals surface area contributed by atoms with Crippen LogP contribution in [0.15, 0.2) is 18.2 Å². The van der Waals surface area contributed by atoms with Crippen LogP contribution in [0.5, 0.6) is 0 Å². The third-order valence-corrected chi connectivity index (χ3v) is 1.99. The van der Waals surface area contributed by atoms with Crippen LogP contribution in [0.3, 0.4) is 0 Å². The van der Waals surface area contributed by atoms with Crippen LogP contribution in [0.1, 0.15) is 18.9 Å². The average molecular weight is 189 g/mol. The van der Waals surface area contributed by atoms with Gasteiger partial charge in [-0.1, -0.05) is 6.92 Å². The van der Waals surface area contributed by atoms with E-state index in [1.54, 1.807) is 0 Å². The molecule has 0 aliphatic carbocycles. The smallest absolute Gasteiger partial charge is 0.0670 e. The van der Waals surface area contributed by atoms with Crippen LogP contribution in [-0.4, -0.2) is 6.54 Å². The van der Waals surface area contributed by atoms with Gasteiger partial charge in [0, 0.05) is 17.9 Å². The van der Waals surface area contributed by atoms with E-state index in [1.807, 2.05) is 18.2 Å². The van der Waals surface area contributed by atoms with Gasteiger partial charge in [0.1, 0.15) is 0 Å². The van der Waals surface area contributed by atoms with Crippen LogP contribution in [-0.2, 0) is 6.42 Å². The zero-order chi connectivity index (χ0) is 10.4. The summed E-state index contributed by atoms with van der Waals surface area (Å²) in [7, 11) is 0. The molecule has 0 saturated carbocycles. The van der Waals surface area contributed by atoms with Gasteiger partial charge in [0.25, 0.3) is 0 Å². The topological polar surface area (TPSA) is 61.8 Å². The summed E-state index contributed by atoms with van der Waals surface area (Å²) in [6, 6.07) is 7.81. The fraction of sp³-hybridized carbons (Fsp3) is 0.364. The van der Waals surface area contributed by atoms with E-state index in [2.05, 4.69) is 18.3 Å². The summed E-state index contributed by atoms with van der Waals surface area (Å²) in [4.78, 5) is 0. The van der Waals surface area contributed by atoms with E-state index in [1.165, 1.54) is 0 Å². The Morgan fingerprint density at radius 1 is 1.50 bits per heavy atom. The maximum atomic E-state index is 8.59. The number of rotatable bonds is 4. The van der Waals surface area contributed by atoms with Crippen molar-refractivity contribution in [1.29, 1.82) is 5.26 Å². The van der Waals surface area contributed by atoms with E-state index in [4.69, 9.17) is 11.0 Å². The third-order valence-electron chi connectivity index (χ3n) is 1.99. The first-order valence-electron chi connectivity index (χ1n) is 4.77. The van der Waals surface area contributed by atoms with Gasteiger partial charge in [-0.3, -0.25) is 0 Å². The fourth-order valence-electron chi connectivity index (χ4n) is 1.22. The van der Waals surface area contributed by atoms with Gasteiger partial charge >= 0.3 is 0 Å². The lowest BCUT2D eigenvalue weighted by atomic mass is 10.1. The summed E-state index contributed by atoms with van der Waals surface area (Å²) in [6.45, 7) is 3.05. The first kappa shape index (κ1) is 10.4. The standard InChI is InChI=1S/C11H15N3/c1-2-7-14-10-3-4-11(13)9(8-10)5-6-12/h3-4,8,14H,2,5,7,13H2,1H3. The molecule has 3 heteroatoms. The quantitative estimate of drug-likeness (QED) is 0.713. The molecule has 0 aromatic heterocycles. The van der Waals surface area contributed by atoms with Gasteiger partial charge in [-0.2, -0.15) is 5.26 Å². The van der Waals surface area contributed by atoms with E-state index in [0.717, 1.165) is 24.2 Å². The highest BCUT2D eigenvalue weighted by molar-refractivity contribution is 5.57. The van der Waals surface area contributed by atoms with Crippen molar-refractivity contribution in [1.82, 2.24) is 0 Å². The molecule has 74 valence electrons. The molecule has 1 aromatic rings. The second kappa shape index (κ2) is 5.13. The van der Waals surface area contributed by atoms with Crippen molar-refractivity contribution in [2.75, 3.05) is 17.6 Å². The lowest BCUT2D eigenvalue weighted by Gasteiger charge is -2.07. The Morgan fingerprint density at radius 3 is 2.93 bits per heavy atom. The first-order chi connectivity index (χ1) is 6.77. The molecule has 14 heavy (non-hydrogen) atoms. The first-order valence-corrected chi connectivity index (χ1v) is 4.77. The number of nitrogen functional groups attached to an aromatic ring is 1. The highest BCUT2D eigenvalue weighted by Crippen LogP contribution is 2.18.